The standard InChI is InChI=1S/C67H100O28/c1-62(2)23-32-31-14-15-39-64(5)19-18-40(63(3,4)38(64)17-20-66(39,7)65(31,6)21-22-67(32,61(83)84)24-41(62)90-42(73)16-13-30-11-9-8-10-12-30)91-59-55(50(81)53(37(27-70)89-59)93-56-48(79)43(74)33(71)28-85-56)94-57-51(82)52(34(72)29-86-57)92-60-54(47(78)45(76)36(26-69)88-60)95-58-49(80)46(77)44(75)35(25-68)87-58/h8-14,16,32-41,43-60,68-72,74-82H,15,17-29H2,1-7H3,(H,83,84)/t32-,33+,34+,35+,36+,37+,38-,39+,40-,41-,43-,44+,45+,46-,47-,48+,49+,50-,51+,52-,53+,54+,55+,56-,57-,58-,59-,60-,64-,65+,66+,67+/m0/s1. The summed E-state index contributed by atoms with van der Waals surface area (Å²) < 4.78 is 67.0. The summed E-state index contributed by atoms with van der Waals surface area (Å²) in [7, 11) is 0. The van der Waals surface area contributed by atoms with E-state index in [1.165, 1.54) is 11.6 Å². The zero-order valence-electron chi connectivity index (χ0n) is 54.7. The molecular formula is C67H100O28. The first-order chi connectivity index (χ1) is 44.8. The van der Waals surface area contributed by atoms with Crippen molar-refractivity contribution in [1.82, 2.24) is 0 Å². The van der Waals surface area contributed by atoms with Crippen molar-refractivity contribution in [2.24, 2.45) is 50.2 Å². The van der Waals surface area contributed by atoms with E-state index < -0.39 is 220 Å². The van der Waals surface area contributed by atoms with Gasteiger partial charge in [0.15, 0.2) is 31.5 Å². The minimum absolute atomic E-state index is 0.000122. The fourth-order valence-electron chi connectivity index (χ4n) is 18.6. The first-order valence-electron chi connectivity index (χ1n) is 33.5. The molecule has 15 N–H and O–H groups in total. The number of hydrogen-bond acceptors (Lipinski definition) is 27. The predicted molar refractivity (Wildman–Crippen MR) is 325 cm³/mol. The van der Waals surface area contributed by atoms with Gasteiger partial charge in [-0.3, -0.25) is 4.79 Å². The van der Waals surface area contributed by atoms with Crippen LogP contribution >= 0.6 is 0 Å². The summed E-state index contributed by atoms with van der Waals surface area (Å²) in [5, 5.41) is 165. The van der Waals surface area contributed by atoms with Gasteiger partial charge in [-0.2, -0.15) is 0 Å². The lowest BCUT2D eigenvalue weighted by Gasteiger charge is -2.71. The molecular weight excluding hydrogens is 1250 g/mol. The molecule has 10 aliphatic rings. The first-order valence-corrected chi connectivity index (χ1v) is 33.5. The number of aliphatic hydroxyl groups is 14. The lowest BCUT2D eigenvalue weighted by molar-refractivity contribution is -0.400. The molecule has 1 aromatic carbocycles. The third kappa shape index (κ3) is 12.9. The smallest absolute Gasteiger partial charge is 0.331 e. The summed E-state index contributed by atoms with van der Waals surface area (Å²) in [4.78, 5) is 27.3. The minimum Gasteiger partial charge on any atom is -0.481 e. The van der Waals surface area contributed by atoms with Crippen LogP contribution in [0.4, 0.5) is 0 Å². The number of carbonyl (C=O) groups is 2. The molecule has 5 saturated heterocycles. The molecule has 5 aliphatic carbocycles. The normalized spacial score (nSPS) is 49.7. The molecule has 5 heterocycles. The van der Waals surface area contributed by atoms with E-state index in [1.807, 2.05) is 30.3 Å². The number of benzene rings is 1. The maximum Gasteiger partial charge on any atom is 0.331 e. The second kappa shape index (κ2) is 27.9. The van der Waals surface area contributed by atoms with Crippen LogP contribution < -0.4 is 0 Å². The van der Waals surface area contributed by atoms with Crippen molar-refractivity contribution in [3.63, 3.8) is 0 Å². The summed E-state index contributed by atoms with van der Waals surface area (Å²) in [6.45, 7) is 11.7. The number of rotatable bonds is 17. The predicted octanol–water partition coefficient (Wildman–Crippen LogP) is -1.13. The van der Waals surface area contributed by atoms with Crippen molar-refractivity contribution in [1.29, 1.82) is 0 Å². The maximum atomic E-state index is 13.9. The van der Waals surface area contributed by atoms with Gasteiger partial charge >= 0.3 is 11.9 Å². The van der Waals surface area contributed by atoms with Crippen molar-refractivity contribution in [3.8, 4) is 0 Å². The summed E-state index contributed by atoms with van der Waals surface area (Å²) in [5.74, 6) is -1.59. The van der Waals surface area contributed by atoms with Crippen LogP contribution in [-0.4, -0.2) is 275 Å². The molecule has 28 heteroatoms. The number of ether oxygens (including phenoxy) is 11. The fraction of sp³-hybridized carbons (Fsp3) is 0.821. The minimum atomic E-state index is -2.08. The van der Waals surface area contributed by atoms with Gasteiger partial charge in [-0.25, -0.2) is 4.79 Å². The van der Waals surface area contributed by atoms with E-state index in [4.69, 9.17) is 52.1 Å². The van der Waals surface area contributed by atoms with Crippen LogP contribution in [0.1, 0.15) is 112 Å². The number of allylic oxidation sites excluding steroid dienone is 2. The Morgan fingerprint density at radius 1 is 0.537 bits per heavy atom. The van der Waals surface area contributed by atoms with E-state index in [1.54, 1.807) is 6.08 Å². The molecule has 95 heavy (non-hydrogen) atoms. The molecule has 0 spiro atoms. The number of hydrogen-bond donors (Lipinski definition) is 15. The highest BCUT2D eigenvalue weighted by molar-refractivity contribution is 5.87. The van der Waals surface area contributed by atoms with Crippen molar-refractivity contribution in [2.75, 3.05) is 33.0 Å². The summed E-state index contributed by atoms with van der Waals surface area (Å²) >= 11 is 0. The lowest BCUT2D eigenvalue weighted by atomic mass is 9.33. The number of carboxylic acids is 1. The highest BCUT2D eigenvalue weighted by Crippen LogP contribution is 2.76. The van der Waals surface area contributed by atoms with Gasteiger partial charge in [0, 0.05) is 17.9 Å². The molecule has 0 amide bonds. The van der Waals surface area contributed by atoms with Gasteiger partial charge in [0.2, 0.25) is 0 Å². The molecule has 32 atom stereocenters. The van der Waals surface area contributed by atoms with Crippen molar-refractivity contribution < 1.29 is 138 Å². The third-order valence-electron chi connectivity index (χ3n) is 24.4. The van der Waals surface area contributed by atoms with E-state index in [-0.39, 0.29) is 35.0 Å². The molecule has 0 unspecified atom stereocenters. The Kier molecular flexibility index (Phi) is 21.4. The average Bonchev–Trinajstić information content (AvgIpc) is 0.676. The van der Waals surface area contributed by atoms with E-state index in [2.05, 4.69) is 54.5 Å². The molecule has 11 rings (SSSR count). The second-order valence-electron chi connectivity index (χ2n) is 30.4. The van der Waals surface area contributed by atoms with Crippen LogP contribution in [0.25, 0.3) is 6.08 Å². The third-order valence-corrected chi connectivity index (χ3v) is 24.4. The molecule has 28 nitrogen and oxygen atoms in total. The Morgan fingerprint density at radius 2 is 1.11 bits per heavy atom. The van der Waals surface area contributed by atoms with E-state index in [0.29, 0.717) is 38.5 Å². The van der Waals surface area contributed by atoms with Crippen LogP contribution in [0.3, 0.4) is 0 Å². The fourth-order valence-corrected chi connectivity index (χ4v) is 18.6. The van der Waals surface area contributed by atoms with Gasteiger partial charge in [-0.15, -0.1) is 0 Å². The summed E-state index contributed by atoms with van der Waals surface area (Å²) in [5.41, 5.74) is -1.36. The number of carbonyl (C=O) groups excluding carboxylic acids is 1. The van der Waals surface area contributed by atoms with Crippen LogP contribution in [0.2, 0.25) is 0 Å². The van der Waals surface area contributed by atoms with Crippen LogP contribution in [0.5, 0.6) is 0 Å². The van der Waals surface area contributed by atoms with Crippen molar-refractivity contribution >= 4 is 18.0 Å². The first kappa shape index (κ1) is 72.9. The average molecular weight is 1350 g/mol. The number of esters is 1. The molecule has 4 saturated carbocycles. The molecule has 5 aliphatic heterocycles. The number of aliphatic hydroxyl groups excluding tert-OH is 14. The lowest BCUT2D eigenvalue weighted by Crippen LogP contribution is -2.68. The highest BCUT2D eigenvalue weighted by atomic mass is 16.8. The zero-order valence-corrected chi connectivity index (χ0v) is 54.7. The van der Waals surface area contributed by atoms with Gasteiger partial charge < -0.3 is 129 Å². The van der Waals surface area contributed by atoms with E-state index >= 15 is 0 Å². The molecule has 0 aromatic heterocycles. The van der Waals surface area contributed by atoms with Crippen molar-refractivity contribution in [3.05, 3.63) is 53.6 Å². The van der Waals surface area contributed by atoms with Gasteiger partial charge in [0.1, 0.15) is 116 Å². The van der Waals surface area contributed by atoms with Gasteiger partial charge in [0.25, 0.3) is 0 Å². The quantitative estimate of drug-likeness (QED) is 0.0380. The largest absolute Gasteiger partial charge is 0.481 e. The van der Waals surface area contributed by atoms with Gasteiger partial charge in [-0.05, 0) is 102 Å². The topological polar surface area (TPSA) is 439 Å². The van der Waals surface area contributed by atoms with E-state index in [0.717, 1.165) is 18.4 Å². The summed E-state index contributed by atoms with van der Waals surface area (Å²) in [6, 6.07) is 9.39. The molecule has 1 aromatic rings. The van der Waals surface area contributed by atoms with Gasteiger partial charge in [0.05, 0.1) is 44.6 Å². The van der Waals surface area contributed by atoms with Gasteiger partial charge in [-0.1, -0.05) is 90.4 Å². The Morgan fingerprint density at radius 3 is 1.77 bits per heavy atom. The SMILES string of the molecule is CC1(C)C[C@H]2C3=CC[C@@H]4[C@@]5(C)CC[C@H](O[C@@H]6O[C@H](CO)[C@@H](O[C@@H]7OC[C@@H](O)[C@H](O)[C@H]7O)[C@H](O)[C@H]6O[C@@H]6OC[C@@H](O)[C@H](O[C@@H]7O[C@H](CO)[C@@H](O)[C@H](O)[C@H]7O[C@@H]7O[C@H](CO)[C@@H](O)[C@H](O)[C@H]7O)[C@H]6O)C(C)(C)[C@@H]5CC[C@@]4(C)[C@]3(C)CC[C@@]2(C(=O)O)C[C@@H]1OC(=O)C=Cc1ccccc1. The number of aliphatic carboxylic acids is 1. The molecule has 0 bridgehead atoms. The van der Waals surface area contributed by atoms with Crippen LogP contribution in [0.15, 0.2) is 48.1 Å². The van der Waals surface area contributed by atoms with E-state index in [9.17, 15) is 86.2 Å². The Bertz CT molecular complexity index is 2880. The Labute approximate surface area is 551 Å². The molecule has 0 radical (unpaired) electrons. The summed E-state index contributed by atoms with van der Waals surface area (Å²) in [6.07, 6.45) is -32.0. The number of carboxylic acid groups (broad SMARTS) is 1. The zero-order chi connectivity index (χ0) is 68.8. The molecule has 9 fully saturated rings. The van der Waals surface area contributed by atoms with Crippen molar-refractivity contribution in [2.45, 2.75) is 260 Å². The van der Waals surface area contributed by atoms with Crippen LogP contribution in [0, 0.1) is 50.2 Å². The maximum absolute atomic E-state index is 13.9. The molecule has 536 valence electrons. The second-order valence-corrected chi connectivity index (χ2v) is 30.4. The monoisotopic (exact) mass is 1350 g/mol. The Hall–Kier alpha value is -3.32. The Balaban J connectivity index is 0.839. The number of fused-ring (bicyclic) bond motifs is 7. The highest BCUT2D eigenvalue weighted by Gasteiger charge is 2.71. The van der Waals surface area contributed by atoms with Crippen LogP contribution in [-0.2, 0) is 61.7 Å².